The number of nitrogens with zero attached hydrogens (tertiary/aromatic N) is 3. The first-order valence-electron chi connectivity index (χ1n) is 13.9. The fourth-order valence-corrected chi connectivity index (χ4v) is 6.17. The summed E-state index contributed by atoms with van der Waals surface area (Å²) in [6, 6.07) is 20.6. The number of piperidine rings is 1. The average molecular weight is 545 g/mol. The number of halogens is 1. The zero-order chi connectivity index (χ0) is 27.2. The summed E-state index contributed by atoms with van der Waals surface area (Å²) in [6.45, 7) is 3.11. The van der Waals surface area contributed by atoms with E-state index < -0.39 is 0 Å². The van der Waals surface area contributed by atoms with Gasteiger partial charge in [0, 0.05) is 74.0 Å². The summed E-state index contributed by atoms with van der Waals surface area (Å²) < 4.78 is 7.67. The third kappa shape index (κ3) is 6.29. The molecule has 204 valence electrons. The van der Waals surface area contributed by atoms with Gasteiger partial charge in [0.05, 0.1) is 5.02 Å². The van der Waals surface area contributed by atoms with E-state index in [9.17, 15) is 4.79 Å². The summed E-state index contributed by atoms with van der Waals surface area (Å²) in [5, 5.41) is 1.93. The summed E-state index contributed by atoms with van der Waals surface area (Å²) >= 11 is 6.98. The molecule has 1 aliphatic heterocycles. The number of aromatic nitrogens is 2. The van der Waals surface area contributed by atoms with E-state index in [2.05, 4.69) is 56.9 Å². The fraction of sp³-hybridized carbons (Fsp3) is 0.375. The number of likely N-dealkylation sites (tertiary alicyclic amines) is 1. The first-order valence-corrected chi connectivity index (χ1v) is 14.3. The monoisotopic (exact) mass is 544 g/mol. The van der Waals surface area contributed by atoms with E-state index in [1.807, 2.05) is 18.2 Å². The minimum atomic E-state index is 0.237. The van der Waals surface area contributed by atoms with Crippen LogP contribution in [0.25, 0.3) is 22.0 Å². The van der Waals surface area contributed by atoms with Gasteiger partial charge in [-0.3, -0.25) is 4.79 Å². The number of benzene rings is 2. The molecular weight excluding hydrogens is 508 g/mol. The van der Waals surface area contributed by atoms with E-state index >= 15 is 0 Å². The van der Waals surface area contributed by atoms with Crippen molar-refractivity contribution in [1.29, 1.82) is 0 Å². The Balaban J connectivity index is 1.20. The van der Waals surface area contributed by atoms with Crippen molar-refractivity contribution in [2.24, 2.45) is 0 Å². The molecule has 0 aliphatic carbocycles. The van der Waals surface area contributed by atoms with Gasteiger partial charge in [-0.2, -0.15) is 0 Å². The second-order valence-electron chi connectivity index (χ2n) is 10.4. The Morgan fingerprint density at radius 2 is 1.87 bits per heavy atom. The normalized spacial score (nSPS) is 15.6. The van der Waals surface area contributed by atoms with Crippen LogP contribution in [0.1, 0.15) is 49.3 Å². The van der Waals surface area contributed by atoms with Gasteiger partial charge in [0.1, 0.15) is 5.82 Å². The molecule has 39 heavy (non-hydrogen) atoms. The molecule has 2 aromatic carbocycles. The van der Waals surface area contributed by atoms with Gasteiger partial charge in [-0.05, 0) is 61.4 Å². The first kappa shape index (κ1) is 27.2. The molecule has 0 radical (unpaired) electrons. The van der Waals surface area contributed by atoms with Crippen LogP contribution in [0.4, 0.5) is 5.82 Å². The molecule has 1 atom stereocenters. The number of para-hydroxylation sites is 1. The summed E-state index contributed by atoms with van der Waals surface area (Å²) in [7, 11) is 1.74. The summed E-state index contributed by atoms with van der Waals surface area (Å²) in [5.41, 5.74) is 11.4. The molecule has 2 aromatic heterocycles. The zero-order valence-corrected chi connectivity index (χ0v) is 23.4. The lowest BCUT2D eigenvalue weighted by Crippen LogP contribution is -2.39. The molecule has 1 fully saturated rings. The predicted molar refractivity (Wildman–Crippen MR) is 159 cm³/mol. The lowest BCUT2D eigenvalue weighted by atomic mass is 9.93. The van der Waals surface area contributed by atoms with Crippen molar-refractivity contribution < 1.29 is 9.53 Å². The number of hydrogen-bond acceptors (Lipinski definition) is 4. The number of aryl methyl sites for hydroxylation is 2. The van der Waals surface area contributed by atoms with Crippen molar-refractivity contribution in [2.45, 2.75) is 51.0 Å². The lowest BCUT2D eigenvalue weighted by Gasteiger charge is -2.34. The van der Waals surface area contributed by atoms with Crippen molar-refractivity contribution in [3.8, 4) is 11.1 Å². The van der Waals surface area contributed by atoms with Crippen molar-refractivity contribution in [3.63, 3.8) is 0 Å². The van der Waals surface area contributed by atoms with Gasteiger partial charge in [-0.25, -0.2) is 4.98 Å². The second-order valence-corrected chi connectivity index (χ2v) is 10.8. The number of methoxy groups -OCH3 is 1. The number of nitrogen functional groups attached to an aromatic ring is 1. The number of carbonyl (C=O) groups is 1. The molecule has 1 amide bonds. The van der Waals surface area contributed by atoms with Crippen LogP contribution in [0.5, 0.6) is 0 Å². The number of pyridine rings is 1. The van der Waals surface area contributed by atoms with Crippen LogP contribution < -0.4 is 5.73 Å². The van der Waals surface area contributed by atoms with E-state index in [1.54, 1.807) is 13.3 Å². The van der Waals surface area contributed by atoms with Crippen molar-refractivity contribution in [3.05, 3.63) is 83.1 Å². The maximum atomic E-state index is 13.2. The van der Waals surface area contributed by atoms with Crippen LogP contribution in [0.15, 0.2) is 66.9 Å². The Bertz CT molecular complexity index is 1400. The molecular formula is C32H37ClN4O2. The second kappa shape index (κ2) is 12.7. The number of rotatable bonds is 10. The predicted octanol–water partition coefficient (Wildman–Crippen LogP) is 6.70. The Hall–Kier alpha value is -3.35. The molecule has 7 heteroatoms. The van der Waals surface area contributed by atoms with Crippen LogP contribution in [0.2, 0.25) is 5.02 Å². The Morgan fingerprint density at radius 3 is 2.64 bits per heavy atom. The summed E-state index contributed by atoms with van der Waals surface area (Å²) in [6.07, 6.45) is 7.02. The van der Waals surface area contributed by atoms with Crippen LogP contribution in [0, 0.1) is 0 Å². The molecule has 4 aromatic rings. The van der Waals surface area contributed by atoms with E-state index in [0.29, 0.717) is 18.8 Å². The molecule has 5 rings (SSSR count). The molecule has 0 bridgehead atoms. The minimum Gasteiger partial charge on any atom is -0.385 e. The van der Waals surface area contributed by atoms with Crippen LogP contribution in [0.3, 0.4) is 0 Å². The number of hydrogen-bond donors (Lipinski definition) is 1. The summed E-state index contributed by atoms with van der Waals surface area (Å²) in [4.78, 5) is 19.5. The highest BCUT2D eigenvalue weighted by molar-refractivity contribution is 6.36. The van der Waals surface area contributed by atoms with Crippen LogP contribution in [-0.4, -0.2) is 47.2 Å². The van der Waals surface area contributed by atoms with Gasteiger partial charge >= 0.3 is 0 Å². The number of amides is 1. The molecule has 6 nitrogen and oxygen atoms in total. The van der Waals surface area contributed by atoms with Crippen molar-refractivity contribution in [2.75, 3.05) is 32.5 Å². The Kier molecular flexibility index (Phi) is 8.84. The first-order chi connectivity index (χ1) is 19.0. The van der Waals surface area contributed by atoms with Crippen LogP contribution in [-0.2, 0) is 22.5 Å². The highest BCUT2D eigenvalue weighted by Gasteiger charge is 2.29. The van der Waals surface area contributed by atoms with Gasteiger partial charge in [0.15, 0.2) is 0 Å². The number of carbonyl (C=O) groups excluding carboxylic acids is 1. The average Bonchev–Trinajstić information content (AvgIpc) is 3.25. The highest BCUT2D eigenvalue weighted by atomic mass is 35.5. The quantitative estimate of drug-likeness (QED) is 0.225. The molecule has 0 spiro atoms. The van der Waals surface area contributed by atoms with E-state index in [1.165, 1.54) is 11.3 Å². The molecule has 1 unspecified atom stereocenters. The molecule has 1 aliphatic rings. The van der Waals surface area contributed by atoms with Crippen LogP contribution >= 0.6 is 11.6 Å². The fourth-order valence-electron chi connectivity index (χ4n) is 5.76. The maximum Gasteiger partial charge on any atom is 0.222 e. The maximum absolute atomic E-state index is 13.2. The number of anilines is 1. The van der Waals surface area contributed by atoms with Gasteiger partial charge in [-0.15, -0.1) is 0 Å². The van der Waals surface area contributed by atoms with E-state index in [4.69, 9.17) is 22.1 Å². The Labute approximate surface area is 235 Å². The SMILES string of the molecule is COCCCn1c(C2CCCN(C(=O)CCCc3ccc(-c4ccc(N)nc4)cc3)C2)c(Cl)c2ccccc21. The topological polar surface area (TPSA) is 73.4 Å². The molecule has 2 N–H and O–H groups in total. The minimum absolute atomic E-state index is 0.237. The Morgan fingerprint density at radius 1 is 1.08 bits per heavy atom. The molecule has 3 heterocycles. The smallest absolute Gasteiger partial charge is 0.222 e. The zero-order valence-electron chi connectivity index (χ0n) is 22.6. The number of fused-ring (bicyclic) bond motifs is 1. The standard InChI is InChI=1S/C32H37ClN4O2/c1-39-20-6-19-37-28-10-3-2-9-27(28)31(33)32(37)26-8-5-18-36(22-26)30(38)11-4-7-23-12-14-24(15-13-23)25-16-17-29(34)35-21-25/h2-3,9-10,12-17,21,26H,4-8,11,18-20,22H2,1H3,(H2,34,35). The van der Waals surface area contributed by atoms with E-state index in [-0.39, 0.29) is 11.8 Å². The third-order valence-corrected chi connectivity index (χ3v) is 8.16. The van der Waals surface area contributed by atoms with E-state index in [0.717, 1.165) is 78.8 Å². The van der Waals surface area contributed by atoms with Crippen molar-refractivity contribution in [1.82, 2.24) is 14.5 Å². The number of nitrogens with two attached hydrogens (primary N) is 1. The van der Waals surface area contributed by atoms with Crippen molar-refractivity contribution >= 4 is 34.2 Å². The third-order valence-electron chi connectivity index (χ3n) is 7.77. The summed E-state index contributed by atoms with van der Waals surface area (Å²) in [5.74, 6) is 0.996. The molecule has 1 saturated heterocycles. The molecule has 0 saturated carbocycles. The van der Waals surface area contributed by atoms with Gasteiger partial charge in [-0.1, -0.05) is 54.1 Å². The number of ether oxygens (including phenoxy) is 1. The van der Waals surface area contributed by atoms with Gasteiger partial charge < -0.3 is 19.9 Å². The lowest BCUT2D eigenvalue weighted by molar-refractivity contribution is -0.132. The largest absolute Gasteiger partial charge is 0.385 e. The van der Waals surface area contributed by atoms with Gasteiger partial charge in [0.2, 0.25) is 5.91 Å². The highest BCUT2D eigenvalue weighted by Crippen LogP contribution is 2.39. The van der Waals surface area contributed by atoms with Gasteiger partial charge in [0.25, 0.3) is 0 Å².